The van der Waals surface area contributed by atoms with Gasteiger partial charge in [0.05, 0.1) is 0 Å². The van der Waals surface area contributed by atoms with E-state index < -0.39 is 0 Å². The largest absolute Gasteiger partial charge is 0.327 e. The minimum atomic E-state index is 0.179. The van der Waals surface area contributed by atoms with E-state index >= 15 is 0 Å². The van der Waals surface area contributed by atoms with Gasteiger partial charge < -0.3 is 5.73 Å². The van der Waals surface area contributed by atoms with Crippen molar-refractivity contribution in [3.05, 3.63) is 29.8 Å². The zero-order chi connectivity index (χ0) is 11.5. The molecule has 0 aliphatic carbocycles. The number of thioether (sulfide) groups is 1. The fourth-order valence-electron chi connectivity index (χ4n) is 1.32. The zero-order valence-corrected chi connectivity index (χ0v) is 10.9. The van der Waals surface area contributed by atoms with Crippen molar-refractivity contribution >= 4 is 11.8 Å². The highest BCUT2D eigenvalue weighted by Gasteiger charge is 2.20. The maximum Gasteiger partial charge on any atom is 0.0128 e. The van der Waals surface area contributed by atoms with Gasteiger partial charge in [0.1, 0.15) is 0 Å². The van der Waals surface area contributed by atoms with Gasteiger partial charge >= 0.3 is 0 Å². The Balaban J connectivity index is 2.65. The first-order chi connectivity index (χ1) is 6.93. The third kappa shape index (κ3) is 3.88. The van der Waals surface area contributed by atoms with E-state index in [0.29, 0.717) is 0 Å². The van der Waals surface area contributed by atoms with Gasteiger partial charge in [0.25, 0.3) is 0 Å². The summed E-state index contributed by atoms with van der Waals surface area (Å²) in [6.45, 7) is 6.57. The Morgan fingerprint density at radius 2 is 1.73 bits per heavy atom. The van der Waals surface area contributed by atoms with Gasteiger partial charge in [0.15, 0.2) is 0 Å². The van der Waals surface area contributed by atoms with Gasteiger partial charge in [-0.05, 0) is 35.8 Å². The molecule has 2 N–H and O–H groups in total. The lowest BCUT2D eigenvalue weighted by atomic mass is 9.84. The van der Waals surface area contributed by atoms with Gasteiger partial charge in [-0.25, -0.2) is 0 Å². The van der Waals surface area contributed by atoms with Gasteiger partial charge in [-0.1, -0.05) is 32.9 Å². The number of benzene rings is 1. The molecule has 0 aliphatic rings. The van der Waals surface area contributed by atoms with Crippen LogP contribution in [0.2, 0.25) is 0 Å². The van der Waals surface area contributed by atoms with Gasteiger partial charge in [-0.3, -0.25) is 0 Å². The first-order valence-corrected chi connectivity index (χ1v) is 6.54. The van der Waals surface area contributed by atoms with Crippen molar-refractivity contribution in [3.8, 4) is 0 Å². The Kier molecular flexibility index (Phi) is 4.23. The van der Waals surface area contributed by atoms with Crippen LogP contribution in [0.25, 0.3) is 0 Å². The van der Waals surface area contributed by atoms with Crippen LogP contribution in [0, 0.1) is 5.41 Å². The molecule has 0 amide bonds. The summed E-state index contributed by atoms with van der Waals surface area (Å²) in [6, 6.07) is 8.90. The predicted octanol–water partition coefficient (Wildman–Crippen LogP) is 3.32. The fraction of sp³-hybridized carbons (Fsp3) is 0.538. The molecule has 1 unspecified atom stereocenters. The molecule has 1 atom stereocenters. The average molecular weight is 223 g/mol. The molecule has 1 aromatic carbocycles. The highest BCUT2D eigenvalue weighted by Crippen LogP contribution is 2.22. The van der Waals surface area contributed by atoms with Gasteiger partial charge in [0, 0.05) is 10.9 Å². The van der Waals surface area contributed by atoms with Crippen molar-refractivity contribution in [1.29, 1.82) is 0 Å². The van der Waals surface area contributed by atoms with E-state index in [4.69, 9.17) is 5.73 Å². The molecule has 1 rings (SSSR count). The summed E-state index contributed by atoms with van der Waals surface area (Å²) >= 11 is 1.77. The van der Waals surface area contributed by atoms with E-state index in [1.165, 1.54) is 10.5 Å². The molecular formula is C13H21NS. The van der Waals surface area contributed by atoms with E-state index in [1.807, 2.05) is 0 Å². The van der Waals surface area contributed by atoms with Crippen molar-refractivity contribution in [2.45, 2.75) is 38.1 Å². The third-order valence-electron chi connectivity index (χ3n) is 2.73. The van der Waals surface area contributed by atoms with Crippen LogP contribution in [0.3, 0.4) is 0 Å². The fourth-order valence-corrected chi connectivity index (χ4v) is 1.73. The Hall–Kier alpha value is -0.470. The van der Waals surface area contributed by atoms with Gasteiger partial charge in [-0.15, -0.1) is 11.8 Å². The van der Waals surface area contributed by atoms with Crippen molar-refractivity contribution in [1.82, 2.24) is 0 Å². The second-order valence-electron chi connectivity index (χ2n) is 5.02. The molecule has 1 nitrogen and oxygen atoms in total. The lowest BCUT2D eigenvalue weighted by Gasteiger charge is -2.27. The second kappa shape index (κ2) is 5.04. The summed E-state index contributed by atoms with van der Waals surface area (Å²) in [5.41, 5.74) is 7.66. The number of hydrogen-bond acceptors (Lipinski definition) is 2. The number of rotatable bonds is 3. The first-order valence-electron chi connectivity index (χ1n) is 5.32. The molecule has 0 aliphatic heterocycles. The third-order valence-corrected chi connectivity index (χ3v) is 3.47. The summed E-state index contributed by atoms with van der Waals surface area (Å²) in [6.07, 6.45) is 3.05. The van der Waals surface area contributed by atoms with Crippen LogP contribution < -0.4 is 5.73 Å². The monoisotopic (exact) mass is 223 g/mol. The highest BCUT2D eigenvalue weighted by atomic mass is 32.2. The minimum absolute atomic E-state index is 0.179. The summed E-state index contributed by atoms with van der Waals surface area (Å²) in [4.78, 5) is 1.31. The summed E-state index contributed by atoms with van der Waals surface area (Å²) in [5, 5.41) is 0. The molecule has 0 heterocycles. The smallest absolute Gasteiger partial charge is 0.0128 e. The second-order valence-corrected chi connectivity index (χ2v) is 5.90. The molecule has 0 radical (unpaired) electrons. The van der Waals surface area contributed by atoms with Crippen LogP contribution in [0.5, 0.6) is 0 Å². The highest BCUT2D eigenvalue weighted by molar-refractivity contribution is 7.98. The minimum Gasteiger partial charge on any atom is -0.327 e. The molecular weight excluding hydrogens is 202 g/mol. The molecule has 15 heavy (non-hydrogen) atoms. The van der Waals surface area contributed by atoms with Crippen molar-refractivity contribution in [3.63, 3.8) is 0 Å². The maximum atomic E-state index is 6.15. The van der Waals surface area contributed by atoms with Gasteiger partial charge in [-0.2, -0.15) is 0 Å². The van der Waals surface area contributed by atoms with Crippen LogP contribution in [-0.4, -0.2) is 12.3 Å². The Labute approximate surface area is 97.4 Å². The van der Waals surface area contributed by atoms with E-state index in [0.717, 1.165) is 6.42 Å². The molecule has 0 aromatic heterocycles. The number of nitrogens with two attached hydrogens (primary N) is 1. The lowest BCUT2D eigenvalue weighted by Crippen LogP contribution is -2.36. The summed E-state index contributed by atoms with van der Waals surface area (Å²) < 4.78 is 0. The van der Waals surface area contributed by atoms with E-state index in [-0.39, 0.29) is 11.5 Å². The molecule has 0 fully saturated rings. The van der Waals surface area contributed by atoms with Crippen LogP contribution in [0.15, 0.2) is 29.2 Å². The average Bonchev–Trinajstić information content (AvgIpc) is 2.17. The van der Waals surface area contributed by atoms with E-state index in [9.17, 15) is 0 Å². The molecule has 2 heteroatoms. The molecule has 1 aromatic rings. The van der Waals surface area contributed by atoms with E-state index in [2.05, 4.69) is 51.3 Å². The van der Waals surface area contributed by atoms with E-state index in [1.54, 1.807) is 11.8 Å². The Morgan fingerprint density at radius 3 is 2.13 bits per heavy atom. The number of hydrogen-bond donors (Lipinski definition) is 1. The van der Waals surface area contributed by atoms with Crippen molar-refractivity contribution in [2.24, 2.45) is 11.1 Å². The topological polar surface area (TPSA) is 26.0 Å². The van der Waals surface area contributed by atoms with Crippen LogP contribution >= 0.6 is 11.8 Å². The maximum absolute atomic E-state index is 6.15. The zero-order valence-electron chi connectivity index (χ0n) is 10.1. The lowest BCUT2D eigenvalue weighted by molar-refractivity contribution is 0.318. The van der Waals surface area contributed by atoms with Crippen LogP contribution in [0.4, 0.5) is 0 Å². The first kappa shape index (κ1) is 12.6. The quantitative estimate of drug-likeness (QED) is 0.796. The summed E-state index contributed by atoms with van der Waals surface area (Å²) in [5.74, 6) is 0. The van der Waals surface area contributed by atoms with Gasteiger partial charge in [0.2, 0.25) is 0 Å². The standard InChI is InChI=1S/C13H21NS/c1-13(2,3)12(14)9-10-5-7-11(15-4)8-6-10/h5-8,12H,9,14H2,1-4H3. The molecule has 0 saturated heterocycles. The van der Waals surface area contributed by atoms with Crippen LogP contribution in [-0.2, 0) is 6.42 Å². The van der Waals surface area contributed by atoms with Crippen molar-refractivity contribution in [2.75, 3.05) is 6.26 Å². The van der Waals surface area contributed by atoms with Crippen molar-refractivity contribution < 1.29 is 0 Å². The van der Waals surface area contributed by atoms with Crippen LogP contribution in [0.1, 0.15) is 26.3 Å². The predicted molar refractivity (Wildman–Crippen MR) is 69.4 cm³/mol. The molecule has 0 saturated carbocycles. The Bertz CT molecular complexity index is 297. The SMILES string of the molecule is CSc1ccc(CC(N)C(C)(C)C)cc1. The Morgan fingerprint density at radius 1 is 1.20 bits per heavy atom. The molecule has 0 bridgehead atoms. The molecule has 84 valence electrons. The normalized spacial score (nSPS) is 13.9. The summed E-state index contributed by atoms with van der Waals surface area (Å²) in [7, 11) is 0. The molecule has 0 spiro atoms.